The van der Waals surface area contributed by atoms with Crippen LogP contribution in [0.3, 0.4) is 0 Å². The highest BCUT2D eigenvalue weighted by Crippen LogP contribution is 2.38. The molecule has 3 aromatic carbocycles. The van der Waals surface area contributed by atoms with Gasteiger partial charge in [-0.15, -0.1) is 0 Å². The number of hydrogen-bond donors (Lipinski definition) is 0. The second kappa shape index (κ2) is 9.35. The molecule has 0 bridgehead atoms. The van der Waals surface area contributed by atoms with Crippen LogP contribution in [0.2, 0.25) is 6.04 Å². The molecule has 3 radical (unpaired) electrons. The Balaban J connectivity index is 1.43. The summed E-state index contributed by atoms with van der Waals surface area (Å²) in [6, 6.07) is 22.7. The van der Waals surface area contributed by atoms with Crippen molar-refractivity contribution in [1.82, 2.24) is 0 Å². The van der Waals surface area contributed by atoms with Gasteiger partial charge in [-0.25, -0.2) is 0 Å². The zero-order valence-corrected chi connectivity index (χ0v) is 18.8. The normalized spacial score (nSPS) is 19.2. The molecule has 0 amide bonds. The third kappa shape index (κ3) is 5.24. The first-order chi connectivity index (χ1) is 14.9. The molecule has 0 N–H and O–H groups in total. The molecule has 1 aliphatic rings. The highest BCUT2D eigenvalue weighted by Gasteiger charge is 2.34. The first-order valence-corrected chi connectivity index (χ1v) is 11.6. The van der Waals surface area contributed by atoms with Gasteiger partial charge in [-0.2, -0.15) is 8.78 Å². The van der Waals surface area contributed by atoms with Crippen LogP contribution in [0.4, 0.5) is 8.78 Å². The van der Waals surface area contributed by atoms with Crippen molar-refractivity contribution in [2.24, 2.45) is 5.92 Å². The van der Waals surface area contributed by atoms with Gasteiger partial charge in [0.25, 0.3) is 0 Å². The van der Waals surface area contributed by atoms with Gasteiger partial charge in [0.05, 0.1) is 5.56 Å². The van der Waals surface area contributed by atoms with Crippen molar-refractivity contribution in [1.29, 1.82) is 0 Å². The number of hydrogen-bond acceptors (Lipinski definition) is 1. The Kier molecular flexibility index (Phi) is 6.56. The summed E-state index contributed by atoms with van der Waals surface area (Å²) in [7, 11) is 3.65. The molecule has 31 heavy (non-hydrogen) atoms. The minimum Gasteiger partial charge on any atom is -0.429 e. The third-order valence-corrected chi connectivity index (χ3v) is 6.92. The highest BCUT2D eigenvalue weighted by molar-refractivity contribution is 6.08. The highest BCUT2D eigenvalue weighted by atomic mass is 28.1. The van der Waals surface area contributed by atoms with Gasteiger partial charge in [0.15, 0.2) is 0 Å². The molecule has 0 aliphatic heterocycles. The summed E-state index contributed by atoms with van der Waals surface area (Å²) in [6.07, 6.45) is 1.64. The molecule has 1 nitrogen and oxygen atoms in total. The Hall–Kier alpha value is -2.46. The summed E-state index contributed by atoms with van der Waals surface area (Å²) in [5, 5.41) is 0. The van der Waals surface area contributed by atoms with Crippen LogP contribution in [0.1, 0.15) is 48.3 Å². The monoisotopic (exact) mass is 433 g/mol. The Labute approximate surface area is 186 Å². The fourth-order valence-electron chi connectivity index (χ4n) is 4.32. The van der Waals surface area contributed by atoms with E-state index >= 15 is 0 Å². The third-order valence-electron chi connectivity index (χ3n) is 6.34. The second-order valence-corrected chi connectivity index (χ2v) is 8.96. The molecule has 0 aromatic heterocycles. The van der Waals surface area contributed by atoms with Crippen LogP contribution in [-0.2, 0) is 6.11 Å². The van der Waals surface area contributed by atoms with E-state index in [0.717, 1.165) is 28.7 Å². The lowest BCUT2D eigenvalue weighted by molar-refractivity contribution is -0.185. The van der Waals surface area contributed by atoms with Gasteiger partial charge >= 0.3 is 6.11 Å². The summed E-state index contributed by atoms with van der Waals surface area (Å²) in [5.41, 5.74) is 4.18. The minimum absolute atomic E-state index is 0.153. The molecule has 0 atom stereocenters. The summed E-state index contributed by atoms with van der Waals surface area (Å²) in [4.78, 5) is 0. The topological polar surface area (TPSA) is 9.23 Å². The van der Waals surface area contributed by atoms with E-state index in [2.05, 4.69) is 34.5 Å². The first-order valence-electron chi connectivity index (χ1n) is 10.9. The quantitative estimate of drug-likeness (QED) is 0.363. The van der Waals surface area contributed by atoms with Crippen LogP contribution in [-0.4, -0.2) is 10.2 Å². The van der Waals surface area contributed by atoms with Crippen LogP contribution in [0.25, 0.3) is 11.1 Å². The maximum Gasteiger partial charge on any atom is 0.426 e. The van der Waals surface area contributed by atoms with Crippen molar-refractivity contribution in [3.05, 3.63) is 89.5 Å². The van der Waals surface area contributed by atoms with Crippen LogP contribution in [0.15, 0.2) is 72.8 Å². The van der Waals surface area contributed by atoms with E-state index < -0.39 is 6.11 Å². The van der Waals surface area contributed by atoms with Gasteiger partial charge in [-0.3, -0.25) is 0 Å². The van der Waals surface area contributed by atoms with Gasteiger partial charge in [-0.05, 0) is 72.6 Å². The molecule has 0 heterocycles. The van der Waals surface area contributed by atoms with E-state index in [4.69, 9.17) is 4.74 Å². The average Bonchev–Trinajstić information content (AvgIpc) is 2.81. The Morgan fingerprint density at radius 2 is 1.35 bits per heavy atom. The lowest BCUT2D eigenvalue weighted by Crippen LogP contribution is -2.21. The van der Waals surface area contributed by atoms with Crippen molar-refractivity contribution in [2.45, 2.75) is 50.7 Å². The number of aryl methyl sites for hydroxylation is 1. The maximum absolute atomic E-state index is 14.6. The zero-order chi connectivity index (χ0) is 21.8. The molecule has 4 rings (SSSR count). The molecule has 0 spiro atoms. The van der Waals surface area contributed by atoms with Gasteiger partial charge < -0.3 is 4.74 Å². The molecule has 4 heteroatoms. The molecular formula is C27H27F2OSi. The Morgan fingerprint density at radius 1 is 0.806 bits per heavy atom. The Bertz CT molecular complexity index is 973. The SMILES string of the molecule is Cc1ccc(OC(F)(F)c2ccc(-c3ccc(C4CCC(C[Si])CC4)cc3)cc2)cc1. The van der Waals surface area contributed by atoms with Crippen molar-refractivity contribution >= 4 is 10.2 Å². The number of halogens is 2. The van der Waals surface area contributed by atoms with Gasteiger partial charge in [0, 0.05) is 10.2 Å². The molecular weight excluding hydrogens is 406 g/mol. The van der Waals surface area contributed by atoms with Crippen LogP contribution >= 0.6 is 0 Å². The van der Waals surface area contributed by atoms with E-state index in [9.17, 15) is 8.78 Å². The number of alkyl halides is 2. The van der Waals surface area contributed by atoms with E-state index in [0.29, 0.717) is 5.92 Å². The lowest BCUT2D eigenvalue weighted by Gasteiger charge is -2.28. The number of ether oxygens (including phenoxy) is 1. The molecule has 1 aliphatic carbocycles. The molecule has 0 unspecified atom stereocenters. The fourth-order valence-corrected chi connectivity index (χ4v) is 4.73. The van der Waals surface area contributed by atoms with Gasteiger partial charge in [0.1, 0.15) is 5.75 Å². The van der Waals surface area contributed by atoms with Crippen molar-refractivity contribution in [3.8, 4) is 16.9 Å². The zero-order valence-electron chi connectivity index (χ0n) is 17.8. The lowest BCUT2D eigenvalue weighted by atomic mass is 9.79. The van der Waals surface area contributed by atoms with Gasteiger partial charge in [-0.1, -0.05) is 73.0 Å². The van der Waals surface area contributed by atoms with Crippen molar-refractivity contribution in [2.75, 3.05) is 0 Å². The first kappa shape index (κ1) is 21.8. The van der Waals surface area contributed by atoms with E-state index in [1.807, 2.05) is 6.92 Å². The van der Waals surface area contributed by atoms with E-state index in [-0.39, 0.29) is 11.3 Å². The van der Waals surface area contributed by atoms with Crippen molar-refractivity contribution < 1.29 is 13.5 Å². The maximum atomic E-state index is 14.6. The smallest absolute Gasteiger partial charge is 0.426 e. The standard InChI is InChI=1S/C27H27F2OSi/c1-19-2-16-26(17-3-19)30-27(28,29)25-14-12-24(13-15-25)23-10-8-22(9-11-23)21-6-4-20(18-31)5-7-21/h2-3,8-17,20-21H,4-7,18H2,1H3. The van der Waals surface area contributed by atoms with Gasteiger partial charge in [0.2, 0.25) is 0 Å². The Morgan fingerprint density at radius 3 is 1.90 bits per heavy atom. The number of benzene rings is 3. The van der Waals surface area contributed by atoms with Crippen LogP contribution in [0, 0.1) is 12.8 Å². The predicted molar refractivity (Wildman–Crippen MR) is 123 cm³/mol. The summed E-state index contributed by atoms with van der Waals surface area (Å²) >= 11 is 0. The second-order valence-electron chi connectivity index (χ2n) is 8.55. The fraction of sp³-hybridized carbons (Fsp3) is 0.333. The van der Waals surface area contributed by atoms with E-state index in [1.54, 1.807) is 36.4 Å². The minimum atomic E-state index is -3.38. The molecule has 0 saturated heterocycles. The summed E-state index contributed by atoms with van der Waals surface area (Å²) in [5.74, 6) is 1.59. The number of rotatable bonds is 6. The summed E-state index contributed by atoms with van der Waals surface area (Å²) < 4.78 is 34.1. The van der Waals surface area contributed by atoms with Crippen molar-refractivity contribution in [3.63, 3.8) is 0 Å². The van der Waals surface area contributed by atoms with Crippen LogP contribution < -0.4 is 4.74 Å². The average molecular weight is 434 g/mol. The largest absolute Gasteiger partial charge is 0.429 e. The molecule has 3 aromatic rings. The molecule has 1 fully saturated rings. The summed E-state index contributed by atoms with van der Waals surface area (Å²) in [6.45, 7) is 1.91. The molecule has 159 valence electrons. The molecule has 1 saturated carbocycles. The predicted octanol–water partition coefficient (Wildman–Crippen LogP) is 7.65. The van der Waals surface area contributed by atoms with Crippen LogP contribution in [0.5, 0.6) is 5.75 Å². The van der Waals surface area contributed by atoms with E-state index in [1.165, 1.54) is 43.4 Å².